The number of nitrogens with zero attached hydrogens (tertiary/aromatic N) is 3. The SMILES string of the molecule is Cc1ncc(-c2ccc3nc(NC(=O)CCN4CCNCC4)sc3c2)cc1NC(=O)OC1CCCCC1. The highest BCUT2D eigenvalue weighted by Gasteiger charge is 2.19. The van der Waals surface area contributed by atoms with Gasteiger partial charge in [0.25, 0.3) is 0 Å². The lowest BCUT2D eigenvalue weighted by molar-refractivity contribution is -0.116. The van der Waals surface area contributed by atoms with Gasteiger partial charge in [0, 0.05) is 50.9 Å². The molecule has 9 nitrogen and oxygen atoms in total. The molecule has 0 spiro atoms. The summed E-state index contributed by atoms with van der Waals surface area (Å²) < 4.78 is 6.59. The van der Waals surface area contributed by atoms with Crippen molar-refractivity contribution in [2.75, 3.05) is 43.4 Å². The van der Waals surface area contributed by atoms with Crippen molar-refractivity contribution >= 4 is 44.4 Å². The summed E-state index contributed by atoms with van der Waals surface area (Å²) >= 11 is 1.46. The summed E-state index contributed by atoms with van der Waals surface area (Å²) in [7, 11) is 0. The molecule has 1 aromatic carbocycles. The zero-order valence-electron chi connectivity index (χ0n) is 21.2. The molecule has 5 rings (SSSR count). The van der Waals surface area contributed by atoms with Crippen LogP contribution in [0.4, 0.5) is 15.6 Å². The predicted molar refractivity (Wildman–Crippen MR) is 147 cm³/mol. The van der Waals surface area contributed by atoms with Crippen LogP contribution < -0.4 is 16.0 Å². The number of rotatable bonds is 7. The number of nitrogens with one attached hydrogen (secondary N) is 3. The van der Waals surface area contributed by atoms with Gasteiger partial charge in [-0.15, -0.1) is 0 Å². The van der Waals surface area contributed by atoms with Crippen LogP contribution in [0.15, 0.2) is 30.5 Å². The molecule has 1 saturated carbocycles. The van der Waals surface area contributed by atoms with E-state index >= 15 is 0 Å². The lowest BCUT2D eigenvalue weighted by atomic mass is 9.98. The molecule has 0 unspecified atom stereocenters. The standard InChI is InChI=1S/C27H34N6O3S/c1-18-23(31-27(35)36-21-5-3-2-4-6-21)15-20(17-29-18)19-7-8-22-24(16-19)37-26(30-22)32-25(34)9-12-33-13-10-28-11-14-33/h7-8,15-17,21,28H,2-6,9-14H2,1H3,(H,31,35)(H,30,32,34). The summed E-state index contributed by atoms with van der Waals surface area (Å²) in [6.45, 7) is 6.52. The minimum Gasteiger partial charge on any atom is -0.446 e. The van der Waals surface area contributed by atoms with Gasteiger partial charge in [-0.1, -0.05) is 23.8 Å². The zero-order chi connectivity index (χ0) is 25.6. The van der Waals surface area contributed by atoms with Crippen LogP contribution in [-0.2, 0) is 9.53 Å². The molecule has 3 N–H and O–H groups in total. The van der Waals surface area contributed by atoms with Gasteiger partial charge in [-0.2, -0.15) is 0 Å². The number of aryl methyl sites for hydroxylation is 1. The number of thiazole rings is 1. The Balaban J connectivity index is 1.23. The molecule has 3 heterocycles. The van der Waals surface area contributed by atoms with Gasteiger partial charge in [-0.25, -0.2) is 9.78 Å². The number of piperazine rings is 1. The summed E-state index contributed by atoms with van der Waals surface area (Å²) in [5.41, 5.74) is 4.05. The average Bonchev–Trinajstić information content (AvgIpc) is 3.31. The quantitative estimate of drug-likeness (QED) is 0.410. The van der Waals surface area contributed by atoms with Crippen molar-refractivity contribution in [3.63, 3.8) is 0 Å². The maximum Gasteiger partial charge on any atom is 0.411 e. The Kier molecular flexibility index (Phi) is 8.28. The van der Waals surface area contributed by atoms with Crippen molar-refractivity contribution in [2.24, 2.45) is 0 Å². The zero-order valence-corrected chi connectivity index (χ0v) is 22.0. The number of carbonyl (C=O) groups excluding carboxylic acids is 2. The number of pyridine rings is 1. The summed E-state index contributed by atoms with van der Waals surface area (Å²) in [5.74, 6) is -0.0172. The summed E-state index contributed by atoms with van der Waals surface area (Å²) in [4.78, 5) is 36.3. The molecule has 2 aromatic heterocycles. The fourth-order valence-electron chi connectivity index (χ4n) is 4.83. The van der Waals surface area contributed by atoms with Crippen LogP contribution in [0.25, 0.3) is 21.3 Å². The summed E-state index contributed by atoms with van der Waals surface area (Å²) in [5, 5.41) is 9.76. The third kappa shape index (κ3) is 6.82. The van der Waals surface area contributed by atoms with E-state index in [1.165, 1.54) is 17.8 Å². The Labute approximate surface area is 221 Å². The number of hydrogen-bond acceptors (Lipinski definition) is 8. The van der Waals surface area contributed by atoms with Crippen LogP contribution in [0.3, 0.4) is 0 Å². The third-order valence-corrected chi connectivity index (χ3v) is 7.92. The summed E-state index contributed by atoms with van der Waals surface area (Å²) in [6, 6.07) is 7.89. The molecule has 37 heavy (non-hydrogen) atoms. The monoisotopic (exact) mass is 522 g/mol. The first-order valence-electron chi connectivity index (χ1n) is 13.1. The number of carbonyl (C=O) groups is 2. The van der Waals surface area contributed by atoms with Crippen molar-refractivity contribution in [3.05, 3.63) is 36.2 Å². The van der Waals surface area contributed by atoms with Gasteiger partial charge in [0.2, 0.25) is 5.91 Å². The van der Waals surface area contributed by atoms with Crippen molar-refractivity contribution in [1.29, 1.82) is 0 Å². The van der Waals surface area contributed by atoms with E-state index in [-0.39, 0.29) is 12.0 Å². The molecule has 2 fully saturated rings. The molecular weight excluding hydrogens is 488 g/mol. The van der Waals surface area contributed by atoms with Gasteiger partial charge in [0.15, 0.2) is 5.13 Å². The highest BCUT2D eigenvalue weighted by Crippen LogP contribution is 2.32. The largest absolute Gasteiger partial charge is 0.446 e. The first-order valence-corrected chi connectivity index (χ1v) is 13.9. The smallest absolute Gasteiger partial charge is 0.411 e. The fraction of sp³-hybridized carbons (Fsp3) is 0.481. The van der Waals surface area contributed by atoms with E-state index < -0.39 is 6.09 Å². The lowest BCUT2D eigenvalue weighted by Crippen LogP contribution is -2.44. The molecule has 0 bridgehead atoms. The van der Waals surface area contributed by atoms with Gasteiger partial charge in [-0.05, 0) is 56.4 Å². The number of anilines is 2. The second-order valence-electron chi connectivity index (χ2n) is 9.74. The van der Waals surface area contributed by atoms with Crippen molar-refractivity contribution in [3.8, 4) is 11.1 Å². The van der Waals surface area contributed by atoms with Crippen molar-refractivity contribution in [2.45, 2.75) is 51.6 Å². The molecule has 1 aliphatic heterocycles. The molecule has 0 radical (unpaired) electrons. The molecular formula is C27H34N6O3S. The van der Waals surface area contributed by atoms with Crippen LogP contribution in [0.2, 0.25) is 0 Å². The van der Waals surface area contributed by atoms with Crippen LogP contribution in [0, 0.1) is 6.92 Å². The van der Waals surface area contributed by atoms with Crippen LogP contribution in [0.1, 0.15) is 44.2 Å². The maximum atomic E-state index is 12.5. The van der Waals surface area contributed by atoms with E-state index in [2.05, 4.69) is 30.8 Å². The van der Waals surface area contributed by atoms with Crippen LogP contribution >= 0.6 is 11.3 Å². The number of amides is 2. The first kappa shape index (κ1) is 25.6. The fourth-order valence-corrected chi connectivity index (χ4v) is 5.75. The molecule has 1 aliphatic carbocycles. The number of benzene rings is 1. The minimum atomic E-state index is -0.427. The highest BCUT2D eigenvalue weighted by molar-refractivity contribution is 7.22. The van der Waals surface area contributed by atoms with Gasteiger partial charge < -0.3 is 20.3 Å². The van der Waals surface area contributed by atoms with Gasteiger partial charge in [-0.3, -0.25) is 15.1 Å². The predicted octanol–water partition coefficient (Wildman–Crippen LogP) is 4.78. The Morgan fingerprint density at radius 3 is 2.73 bits per heavy atom. The van der Waals surface area contributed by atoms with E-state index in [9.17, 15) is 9.59 Å². The van der Waals surface area contributed by atoms with Crippen molar-refractivity contribution < 1.29 is 14.3 Å². The van der Waals surface area contributed by atoms with E-state index in [0.29, 0.717) is 17.2 Å². The van der Waals surface area contributed by atoms with Crippen LogP contribution in [0.5, 0.6) is 0 Å². The molecule has 196 valence electrons. The number of fused-ring (bicyclic) bond motifs is 1. The average molecular weight is 523 g/mol. The van der Waals surface area contributed by atoms with E-state index in [0.717, 1.165) is 85.4 Å². The summed E-state index contributed by atoms with van der Waals surface area (Å²) in [6.07, 6.45) is 7.10. The Morgan fingerprint density at radius 1 is 1.11 bits per heavy atom. The van der Waals surface area contributed by atoms with Gasteiger partial charge >= 0.3 is 6.09 Å². The molecule has 3 aromatic rings. The Hall–Kier alpha value is -3.08. The third-order valence-electron chi connectivity index (χ3n) is 6.98. The molecule has 2 amide bonds. The van der Waals surface area contributed by atoms with E-state index in [4.69, 9.17) is 4.74 Å². The van der Waals surface area contributed by atoms with E-state index in [1.807, 2.05) is 31.2 Å². The molecule has 1 saturated heterocycles. The number of aromatic nitrogens is 2. The Morgan fingerprint density at radius 2 is 1.92 bits per heavy atom. The molecule has 10 heteroatoms. The van der Waals surface area contributed by atoms with Gasteiger partial charge in [0.1, 0.15) is 6.10 Å². The second-order valence-corrected chi connectivity index (χ2v) is 10.8. The second kappa shape index (κ2) is 12.0. The topological polar surface area (TPSA) is 108 Å². The molecule has 0 atom stereocenters. The molecule has 2 aliphatic rings. The van der Waals surface area contributed by atoms with Crippen molar-refractivity contribution in [1.82, 2.24) is 20.2 Å². The number of hydrogen-bond donors (Lipinski definition) is 3. The van der Waals surface area contributed by atoms with Gasteiger partial charge in [0.05, 0.1) is 21.6 Å². The first-order chi connectivity index (χ1) is 18.0. The minimum absolute atomic E-state index is 0.00399. The lowest BCUT2D eigenvalue weighted by Gasteiger charge is -2.26. The van der Waals surface area contributed by atoms with Crippen LogP contribution in [-0.4, -0.2) is 65.7 Å². The normalized spacial score (nSPS) is 17.0. The van der Waals surface area contributed by atoms with E-state index in [1.54, 1.807) is 6.20 Å². The number of ether oxygens (including phenoxy) is 1. The maximum absolute atomic E-state index is 12.5. The highest BCUT2D eigenvalue weighted by atomic mass is 32.1. The Bertz CT molecular complexity index is 1250.